The quantitative estimate of drug-likeness (QED) is 0.863. The molecular formula is C14H18N2O4S. The molecule has 0 radical (unpaired) electrons. The number of hydrogen-bond acceptors (Lipinski definition) is 4. The van der Waals surface area contributed by atoms with Crippen molar-refractivity contribution in [2.45, 2.75) is 43.0 Å². The molecule has 0 spiro atoms. The zero-order chi connectivity index (χ0) is 15.2. The Bertz CT molecular complexity index is 680. The number of nitrogens with zero attached hydrogens (tertiary/aromatic N) is 2. The number of amides is 2. The number of carbonyl (C=O) groups excluding carboxylic acids is 1. The molecule has 0 atom stereocenters. The van der Waals surface area contributed by atoms with Crippen LogP contribution in [-0.2, 0) is 10.0 Å². The van der Waals surface area contributed by atoms with Crippen molar-refractivity contribution in [2.75, 3.05) is 11.9 Å². The first-order chi connectivity index (χ1) is 9.93. The number of anilines is 1. The van der Waals surface area contributed by atoms with Gasteiger partial charge in [-0.3, -0.25) is 4.90 Å². The van der Waals surface area contributed by atoms with E-state index in [0.29, 0.717) is 12.8 Å². The molecule has 1 saturated carbocycles. The number of fused-ring (bicyclic) bond motifs is 1. The average molecular weight is 310 g/mol. The van der Waals surface area contributed by atoms with Gasteiger partial charge in [0.25, 0.3) is 10.0 Å². The zero-order valence-corrected chi connectivity index (χ0v) is 12.6. The molecule has 0 aromatic heterocycles. The van der Waals surface area contributed by atoms with Crippen LogP contribution in [-0.4, -0.2) is 37.0 Å². The van der Waals surface area contributed by atoms with Crippen molar-refractivity contribution < 1.29 is 18.3 Å². The second-order valence-electron chi connectivity index (χ2n) is 5.59. The minimum atomic E-state index is -3.85. The van der Waals surface area contributed by atoms with E-state index in [-0.39, 0.29) is 22.4 Å². The van der Waals surface area contributed by atoms with E-state index in [2.05, 4.69) is 0 Å². The fourth-order valence-electron chi connectivity index (χ4n) is 3.11. The lowest BCUT2D eigenvalue weighted by atomic mass is 9.95. The maximum atomic E-state index is 12.8. The minimum Gasteiger partial charge on any atom is -0.508 e. The molecule has 1 aromatic carbocycles. The monoisotopic (exact) mass is 310 g/mol. The molecule has 1 N–H and O–H groups in total. The summed E-state index contributed by atoms with van der Waals surface area (Å²) >= 11 is 0. The van der Waals surface area contributed by atoms with Crippen molar-refractivity contribution in [1.82, 2.24) is 4.31 Å². The molecule has 2 aliphatic rings. The summed E-state index contributed by atoms with van der Waals surface area (Å²) in [6.07, 6.45) is 4.39. The molecule has 2 amide bonds. The van der Waals surface area contributed by atoms with Gasteiger partial charge in [-0.15, -0.1) is 0 Å². The van der Waals surface area contributed by atoms with Gasteiger partial charge in [0, 0.05) is 13.1 Å². The number of phenolic OH excluding ortho intramolecular Hbond substituents is 1. The van der Waals surface area contributed by atoms with Gasteiger partial charge >= 0.3 is 6.03 Å². The predicted molar refractivity (Wildman–Crippen MR) is 77.8 cm³/mol. The Hall–Kier alpha value is -1.76. The molecule has 1 aliphatic heterocycles. The Morgan fingerprint density at radius 3 is 2.52 bits per heavy atom. The summed E-state index contributed by atoms with van der Waals surface area (Å²) in [6, 6.07) is 3.20. The van der Waals surface area contributed by atoms with Crippen molar-refractivity contribution >= 4 is 21.7 Å². The van der Waals surface area contributed by atoms with E-state index in [1.165, 1.54) is 30.1 Å². The zero-order valence-electron chi connectivity index (χ0n) is 11.8. The van der Waals surface area contributed by atoms with Gasteiger partial charge < -0.3 is 5.11 Å². The number of phenols is 1. The van der Waals surface area contributed by atoms with Crippen molar-refractivity contribution in [3.63, 3.8) is 0 Å². The molecule has 0 bridgehead atoms. The Labute approximate surface area is 124 Å². The molecule has 1 aliphatic carbocycles. The first kappa shape index (κ1) is 14.2. The number of urea groups is 1. The van der Waals surface area contributed by atoms with E-state index in [4.69, 9.17) is 0 Å². The maximum absolute atomic E-state index is 12.8. The summed E-state index contributed by atoms with van der Waals surface area (Å²) in [5.74, 6) is -0.0604. The Balaban J connectivity index is 2.11. The Kier molecular flexibility index (Phi) is 3.32. The molecule has 0 saturated heterocycles. The van der Waals surface area contributed by atoms with Gasteiger partial charge in [-0.1, -0.05) is 19.3 Å². The van der Waals surface area contributed by atoms with Gasteiger partial charge in [0.05, 0.1) is 11.7 Å². The smallest absolute Gasteiger partial charge is 0.338 e. The Morgan fingerprint density at radius 1 is 1.19 bits per heavy atom. The number of benzene rings is 1. The molecule has 3 rings (SSSR count). The van der Waals surface area contributed by atoms with Gasteiger partial charge in [-0.25, -0.2) is 17.5 Å². The predicted octanol–water partition coefficient (Wildman–Crippen LogP) is 2.29. The van der Waals surface area contributed by atoms with Crippen LogP contribution in [0, 0.1) is 0 Å². The standard InChI is InChI=1S/C14H18N2O4S/c1-15-12-9-11(17)7-8-13(12)21(19,20)16(14(15)18)10-5-3-2-4-6-10/h7-10,17H,2-6H2,1H3. The molecular weight excluding hydrogens is 292 g/mol. The number of sulfonamides is 1. The van der Waals surface area contributed by atoms with Crippen LogP contribution in [0.1, 0.15) is 32.1 Å². The number of carbonyl (C=O) groups is 1. The molecule has 1 aromatic rings. The van der Waals surface area contributed by atoms with Crippen molar-refractivity contribution in [1.29, 1.82) is 0 Å². The fraction of sp³-hybridized carbons (Fsp3) is 0.500. The topological polar surface area (TPSA) is 77.9 Å². The van der Waals surface area contributed by atoms with Crippen LogP contribution in [0.2, 0.25) is 0 Å². The van der Waals surface area contributed by atoms with E-state index >= 15 is 0 Å². The van der Waals surface area contributed by atoms with E-state index in [1.807, 2.05) is 0 Å². The van der Waals surface area contributed by atoms with E-state index in [9.17, 15) is 18.3 Å². The van der Waals surface area contributed by atoms with Crippen molar-refractivity contribution in [2.24, 2.45) is 0 Å². The lowest BCUT2D eigenvalue weighted by Gasteiger charge is -2.39. The first-order valence-electron chi connectivity index (χ1n) is 7.08. The van der Waals surface area contributed by atoms with Gasteiger partial charge in [-0.05, 0) is 25.0 Å². The van der Waals surface area contributed by atoms with Crippen LogP contribution >= 0.6 is 0 Å². The maximum Gasteiger partial charge on any atom is 0.338 e. The second kappa shape index (κ2) is 4.91. The van der Waals surface area contributed by atoms with Gasteiger partial charge in [0.2, 0.25) is 0 Å². The highest BCUT2D eigenvalue weighted by atomic mass is 32.2. The number of aromatic hydroxyl groups is 1. The van der Waals surface area contributed by atoms with Crippen LogP contribution in [0.4, 0.5) is 10.5 Å². The highest BCUT2D eigenvalue weighted by molar-refractivity contribution is 7.90. The summed E-state index contributed by atoms with van der Waals surface area (Å²) < 4.78 is 26.6. The lowest BCUT2D eigenvalue weighted by molar-refractivity contribution is 0.205. The van der Waals surface area contributed by atoms with E-state index < -0.39 is 16.1 Å². The molecule has 1 fully saturated rings. The summed E-state index contributed by atoms with van der Waals surface area (Å²) in [7, 11) is -2.32. The van der Waals surface area contributed by atoms with Gasteiger partial charge in [0.15, 0.2) is 0 Å². The third kappa shape index (κ3) is 2.16. The molecule has 21 heavy (non-hydrogen) atoms. The van der Waals surface area contributed by atoms with Gasteiger partial charge in [-0.2, -0.15) is 0 Å². The summed E-state index contributed by atoms with van der Waals surface area (Å²) in [4.78, 5) is 13.9. The number of rotatable bonds is 1. The third-order valence-electron chi connectivity index (χ3n) is 4.22. The SMILES string of the molecule is CN1C(=O)N(C2CCCCC2)S(=O)(=O)c2ccc(O)cc21. The second-order valence-corrected chi connectivity index (χ2v) is 7.37. The normalized spacial score (nSPS) is 22.2. The largest absolute Gasteiger partial charge is 0.508 e. The summed E-state index contributed by atoms with van der Waals surface area (Å²) in [6.45, 7) is 0. The molecule has 0 unspecified atom stereocenters. The number of hydrogen-bond donors (Lipinski definition) is 1. The van der Waals surface area contributed by atoms with Crippen LogP contribution in [0.25, 0.3) is 0 Å². The van der Waals surface area contributed by atoms with Gasteiger partial charge in [0.1, 0.15) is 10.6 Å². The molecule has 1 heterocycles. The average Bonchev–Trinajstić information content (AvgIpc) is 2.46. The van der Waals surface area contributed by atoms with E-state index in [0.717, 1.165) is 23.6 Å². The van der Waals surface area contributed by atoms with Crippen LogP contribution in [0.15, 0.2) is 23.1 Å². The van der Waals surface area contributed by atoms with E-state index in [1.54, 1.807) is 0 Å². The lowest BCUT2D eigenvalue weighted by Crippen LogP contribution is -2.54. The Morgan fingerprint density at radius 2 is 1.86 bits per heavy atom. The third-order valence-corrected chi connectivity index (χ3v) is 6.10. The van der Waals surface area contributed by atoms with Crippen LogP contribution in [0.3, 0.4) is 0 Å². The van der Waals surface area contributed by atoms with Crippen LogP contribution in [0.5, 0.6) is 5.75 Å². The van der Waals surface area contributed by atoms with Crippen molar-refractivity contribution in [3.8, 4) is 5.75 Å². The molecule has 6 nitrogen and oxygen atoms in total. The first-order valence-corrected chi connectivity index (χ1v) is 8.52. The summed E-state index contributed by atoms with van der Waals surface area (Å²) in [5.41, 5.74) is 0.229. The van der Waals surface area contributed by atoms with Crippen LogP contribution < -0.4 is 4.90 Å². The highest BCUT2D eigenvalue weighted by Crippen LogP contribution is 2.38. The summed E-state index contributed by atoms with van der Waals surface area (Å²) in [5, 5.41) is 9.53. The fourth-order valence-corrected chi connectivity index (χ4v) is 4.96. The highest BCUT2D eigenvalue weighted by Gasteiger charge is 2.44. The molecule has 7 heteroatoms. The van der Waals surface area contributed by atoms with Crippen molar-refractivity contribution in [3.05, 3.63) is 18.2 Å². The molecule has 114 valence electrons. The minimum absolute atomic E-state index is 0.0604.